The van der Waals surface area contributed by atoms with Crippen LogP contribution in [0, 0.1) is 29.6 Å². The number of nitrogens with one attached hydrogen (secondary N) is 1. The molecule has 5 atom stereocenters. The van der Waals surface area contributed by atoms with Crippen molar-refractivity contribution in [2.75, 3.05) is 5.32 Å². The number of aliphatic hydroxyl groups is 1. The fraction of sp³-hybridized carbons (Fsp3) is 0.310. The van der Waals surface area contributed by atoms with Gasteiger partial charge in [-0.25, -0.2) is 0 Å². The van der Waals surface area contributed by atoms with Crippen LogP contribution in [0.25, 0.3) is 0 Å². The lowest BCUT2D eigenvalue weighted by molar-refractivity contribution is 0.0868. The van der Waals surface area contributed by atoms with Crippen LogP contribution in [-0.2, 0) is 16.8 Å². The van der Waals surface area contributed by atoms with E-state index in [4.69, 9.17) is 4.74 Å². The molecule has 0 aromatic heterocycles. The summed E-state index contributed by atoms with van der Waals surface area (Å²) in [6, 6.07) is 6.05. The van der Waals surface area contributed by atoms with E-state index in [1.54, 1.807) is 31.2 Å². The highest BCUT2D eigenvalue weighted by atomic mass is 16.6. The minimum absolute atomic E-state index is 0.0209. The summed E-state index contributed by atoms with van der Waals surface area (Å²) >= 11 is 0. The summed E-state index contributed by atoms with van der Waals surface area (Å²) in [6.07, 6.45) is 2.93. The van der Waals surface area contributed by atoms with E-state index in [1.165, 1.54) is 6.07 Å². The Kier molecular flexibility index (Phi) is 4.39. The maximum absolute atomic E-state index is 13.9. The van der Waals surface area contributed by atoms with Crippen molar-refractivity contribution in [2.24, 2.45) is 5.92 Å². The number of carbonyl (C=O) groups is 2. The second-order valence-electron chi connectivity index (χ2n) is 9.44. The van der Waals surface area contributed by atoms with Gasteiger partial charge in [0.2, 0.25) is 0 Å². The summed E-state index contributed by atoms with van der Waals surface area (Å²) in [7, 11) is 0. The summed E-state index contributed by atoms with van der Waals surface area (Å²) in [6.45, 7) is 5.45. The number of anilines is 1. The van der Waals surface area contributed by atoms with E-state index in [2.05, 4.69) is 29.0 Å². The molecule has 174 valence electrons. The highest BCUT2D eigenvalue weighted by molar-refractivity contribution is 6.31. The molecule has 2 aliphatic carbocycles. The van der Waals surface area contributed by atoms with Crippen molar-refractivity contribution >= 4 is 17.3 Å². The second-order valence-corrected chi connectivity index (χ2v) is 9.44. The maximum Gasteiger partial charge on any atom is 0.198 e. The second kappa shape index (κ2) is 7.09. The number of phenols is 1. The van der Waals surface area contributed by atoms with Gasteiger partial charge < -0.3 is 20.3 Å². The van der Waals surface area contributed by atoms with E-state index in [1.807, 2.05) is 19.9 Å². The number of hydrogen-bond acceptors (Lipinski definition) is 6. The molecule has 1 saturated heterocycles. The number of rotatable bonds is 2. The number of hydrogen-bond donors (Lipinski definition) is 3. The molecular formula is C29H23NO5. The quantitative estimate of drug-likeness (QED) is 0.306. The van der Waals surface area contributed by atoms with Crippen LogP contribution in [0.2, 0.25) is 0 Å². The van der Waals surface area contributed by atoms with E-state index >= 15 is 0 Å². The SMILES string of the molecule is CCc1cccc2c1C(=O)c1c(O)cc3c(c1C2=O)N[C@H]1C#C/C=C\C#C[C@H](C)[C@@]32O[C@@]12[C@@H](C)O. The van der Waals surface area contributed by atoms with Crippen LogP contribution in [0.1, 0.15) is 63.7 Å². The van der Waals surface area contributed by atoms with Crippen molar-refractivity contribution < 1.29 is 24.5 Å². The summed E-state index contributed by atoms with van der Waals surface area (Å²) < 4.78 is 6.41. The Morgan fingerprint density at radius 3 is 2.57 bits per heavy atom. The van der Waals surface area contributed by atoms with Crippen LogP contribution in [0.4, 0.5) is 5.69 Å². The molecule has 2 aromatic rings. The van der Waals surface area contributed by atoms with Gasteiger partial charge in [0.25, 0.3) is 0 Å². The molecule has 0 radical (unpaired) electrons. The van der Waals surface area contributed by atoms with Crippen molar-refractivity contribution in [3.05, 3.63) is 69.8 Å². The number of ketones is 2. The topological polar surface area (TPSA) is 99.2 Å². The number of benzene rings is 2. The van der Waals surface area contributed by atoms with Gasteiger partial charge in [0.05, 0.1) is 28.8 Å². The molecule has 0 saturated carbocycles. The molecule has 4 aliphatic rings. The molecule has 6 nitrogen and oxygen atoms in total. The zero-order chi connectivity index (χ0) is 24.7. The monoisotopic (exact) mass is 465 g/mol. The zero-order valence-corrected chi connectivity index (χ0v) is 19.5. The van der Waals surface area contributed by atoms with Gasteiger partial charge in [-0.05, 0) is 44.1 Å². The first-order valence-corrected chi connectivity index (χ1v) is 11.7. The van der Waals surface area contributed by atoms with Crippen molar-refractivity contribution in [1.29, 1.82) is 0 Å². The molecule has 0 spiro atoms. The number of aryl methyl sites for hydroxylation is 1. The molecular weight excluding hydrogens is 442 g/mol. The first-order chi connectivity index (χ1) is 16.8. The number of aromatic hydroxyl groups is 1. The molecule has 2 aliphatic heterocycles. The van der Waals surface area contributed by atoms with Crippen LogP contribution in [-0.4, -0.2) is 39.5 Å². The van der Waals surface area contributed by atoms with Gasteiger partial charge in [0.1, 0.15) is 17.4 Å². The number of aliphatic hydroxyl groups excluding tert-OH is 1. The molecule has 0 amide bonds. The molecule has 2 bridgehead atoms. The van der Waals surface area contributed by atoms with Gasteiger partial charge in [-0.15, -0.1) is 0 Å². The lowest BCUT2D eigenvalue weighted by Crippen LogP contribution is -2.53. The van der Waals surface area contributed by atoms with E-state index in [9.17, 15) is 19.8 Å². The predicted octanol–water partition coefficient (Wildman–Crippen LogP) is 3.08. The number of phenolic OH excluding ortho intramolecular Hbond substituents is 1. The predicted molar refractivity (Wildman–Crippen MR) is 129 cm³/mol. The Morgan fingerprint density at radius 1 is 1.11 bits per heavy atom. The smallest absolute Gasteiger partial charge is 0.198 e. The van der Waals surface area contributed by atoms with Crippen LogP contribution >= 0.6 is 0 Å². The first-order valence-electron chi connectivity index (χ1n) is 11.7. The first kappa shape index (κ1) is 21.7. The Hall–Kier alpha value is -3.84. The average molecular weight is 466 g/mol. The minimum atomic E-state index is -1.14. The van der Waals surface area contributed by atoms with Gasteiger partial charge >= 0.3 is 0 Å². The van der Waals surface area contributed by atoms with Gasteiger partial charge in [-0.2, -0.15) is 0 Å². The molecule has 0 unspecified atom stereocenters. The molecule has 2 aromatic carbocycles. The Morgan fingerprint density at radius 2 is 1.86 bits per heavy atom. The number of allylic oxidation sites excluding steroid dienone is 2. The van der Waals surface area contributed by atoms with Crippen LogP contribution in [0.3, 0.4) is 0 Å². The Labute approximate surface area is 203 Å². The highest BCUT2D eigenvalue weighted by Crippen LogP contribution is 2.68. The third-order valence-electron chi connectivity index (χ3n) is 7.76. The number of ether oxygens (including phenoxy) is 1. The number of carbonyl (C=O) groups excluding carboxylic acids is 2. The van der Waals surface area contributed by atoms with Gasteiger partial charge in [0, 0.05) is 16.7 Å². The lowest BCUT2D eigenvalue weighted by Gasteiger charge is -2.38. The molecule has 35 heavy (non-hydrogen) atoms. The van der Waals surface area contributed by atoms with Crippen molar-refractivity contribution in [3.8, 4) is 29.4 Å². The zero-order valence-electron chi connectivity index (χ0n) is 19.5. The summed E-state index contributed by atoms with van der Waals surface area (Å²) in [5.74, 6) is 10.8. The Bertz CT molecular complexity index is 1510. The third-order valence-corrected chi connectivity index (χ3v) is 7.76. The van der Waals surface area contributed by atoms with E-state index < -0.39 is 29.3 Å². The average Bonchev–Trinajstić information content (AvgIpc) is 3.57. The van der Waals surface area contributed by atoms with Crippen molar-refractivity contribution in [2.45, 2.75) is 50.5 Å². The van der Waals surface area contributed by atoms with Crippen LogP contribution in [0.5, 0.6) is 5.75 Å². The highest BCUT2D eigenvalue weighted by Gasteiger charge is 2.81. The Balaban J connectivity index is 1.68. The van der Waals surface area contributed by atoms with Gasteiger partial charge in [-0.1, -0.05) is 48.8 Å². The van der Waals surface area contributed by atoms with Gasteiger partial charge in [0.15, 0.2) is 17.2 Å². The summed E-state index contributed by atoms with van der Waals surface area (Å²) in [5, 5.41) is 25.4. The summed E-state index contributed by atoms with van der Waals surface area (Å²) in [4.78, 5) is 27.6. The van der Waals surface area contributed by atoms with Crippen LogP contribution in [0.15, 0.2) is 36.4 Å². The number of epoxide rings is 1. The molecule has 2 heterocycles. The largest absolute Gasteiger partial charge is 0.507 e. The van der Waals surface area contributed by atoms with Crippen LogP contribution < -0.4 is 5.32 Å². The lowest BCUT2D eigenvalue weighted by atomic mass is 9.67. The van der Waals surface area contributed by atoms with E-state index in [0.29, 0.717) is 28.8 Å². The fourth-order valence-electron chi connectivity index (χ4n) is 6.14. The van der Waals surface area contributed by atoms with Gasteiger partial charge in [-0.3, -0.25) is 9.59 Å². The molecule has 1 fully saturated rings. The summed E-state index contributed by atoms with van der Waals surface area (Å²) in [5.41, 5.74) is 0.131. The standard InChI is InChI=1S/C29H23NO5/c1-4-17-11-9-12-18-22(17)27(34)23-20(32)14-19-25(24(23)26(18)33)30-21-13-8-6-5-7-10-15(2)28(19)29(21,35-28)16(3)31/h5-6,9,11-12,14-16,21,30-32H,4H2,1-3H3/b6-5-/t15-,16+,21-,28+,29-/m0/s1. The molecule has 3 N–H and O–H groups in total. The number of fused-ring (bicyclic) bond motifs is 4. The normalized spacial score (nSPS) is 30.5. The van der Waals surface area contributed by atoms with E-state index in [0.717, 1.165) is 5.56 Å². The minimum Gasteiger partial charge on any atom is -0.507 e. The molecule has 6 heteroatoms. The third kappa shape index (κ3) is 2.48. The van der Waals surface area contributed by atoms with E-state index in [-0.39, 0.29) is 28.4 Å². The van der Waals surface area contributed by atoms with Crippen molar-refractivity contribution in [3.63, 3.8) is 0 Å². The fourth-order valence-corrected chi connectivity index (χ4v) is 6.14. The van der Waals surface area contributed by atoms with Crippen molar-refractivity contribution in [1.82, 2.24) is 0 Å². The maximum atomic E-state index is 13.9. The molecule has 6 rings (SSSR count).